The average molecular weight is 630 g/mol. The molecular weight excluding hydrogens is 590 g/mol. The molecule has 1 atom stereocenters. The van der Waals surface area contributed by atoms with Gasteiger partial charge in [-0.05, 0) is 73.8 Å². The number of aromatic nitrogens is 2. The Morgan fingerprint density at radius 3 is 2.39 bits per heavy atom. The van der Waals surface area contributed by atoms with Gasteiger partial charge in [0.2, 0.25) is 17.6 Å². The zero-order valence-electron chi connectivity index (χ0n) is 26.5. The summed E-state index contributed by atoms with van der Waals surface area (Å²) < 4.78 is 26.9. The largest absolute Gasteiger partial charge is 0.493 e. The number of anilines is 1. The number of nitrogens with zero attached hydrogens (tertiary/aromatic N) is 3. The molecule has 0 aliphatic carbocycles. The van der Waals surface area contributed by atoms with Gasteiger partial charge in [-0.15, -0.1) is 0 Å². The van der Waals surface area contributed by atoms with E-state index in [4.69, 9.17) is 23.5 Å². The van der Waals surface area contributed by atoms with E-state index in [-0.39, 0.29) is 17.7 Å². The molecule has 1 unspecified atom stereocenters. The van der Waals surface area contributed by atoms with Gasteiger partial charge in [0.25, 0.3) is 5.91 Å². The van der Waals surface area contributed by atoms with Gasteiger partial charge in [-0.3, -0.25) is 14.5 Å². The number of benzene rings is 3. The second kappa shape index (κ2) is 15.3. The van der Waals surface area contributed by atoms with Gasteiger partial charge in [0.15, 0.2) is 23.0 Å². The van der Waals surface area contributed by atoms with Crippen molar-refractivity contribution in [2.45, 2.75) is 25.8 Å². The van der Waals surface area contributed by atoms with Crippen molar-refractivity contribution in [3.8, 4) is 34.4 Å². The number of carbonyl (C=O) groups is 2. The summed E-state index contributed by atoms with van der Waals surface area (Å²) in [5, 5.41) is 10.1. The van der Waals surface area contributed by atoms with Crippen LogP contribution in [0.4, 0.5) is 5.69 Å². The number of piperidine rings is 1. The van der Waals surface area contributed by atoms with Gasteiger partial charge in [-0.1, -0.05) is 23.4 Å². The molecule has 2 amide bonds. The summed E-state index contributed by atoms with van der Waals surface area (Å²) in [5.41, 5.74) is 2.63. The van der Waals surface area contributed by atoms with E-state index in [1.165, 1.54) is 0 Å². The number of carbonyl (C=O) groups excluding carboxylic acids is 2. The Morgan fingerprint density at radius 2 is 1.63 bits per heavy atom. The smallest absolute Gasteiger partial charge is 0.253 e. The molecule has 1 aliphatic rings. The van der Waals surface area contributed by atoms with Crippen LogP contribution in [-0.2, 0) is 17.8 Å². The van der Waals surface area contributed by atoms with E-state index >= 15 is 0 Å². The Balaban J connectivity index is 1.16. The third kappa shape index (κ3) is 7.75. The monoisotopic (exact) mass is 629 g/mol. The van der Waals surface area contributed by atoms with Crippen LogP contribution in [0.15, 0.2) is 65.2 Å². The number of methoxy groups -OCH3 is 4. The molecule has 1 fully saturated rings. The van der Waals surface area contributed by atoms with Gasteiger partial charge in [-0.25, -0.2) is 0 Å². The summed E-state index contributed by atoms with van der Waals surface area (Å²) in [7, 11) is 6.33. The maximum atomic E-state index is 13.4. The number of likely N-dealkylation sites (tertiary alicyclic amines) is 1. The van der Waals surface area contributed by atoms with Crippen molar-refractivity contribution in [3.63, 3.8) is 0 Å². The van der Waals surface area contributed by atoms with Crippen LogP contribution < -0.4 is 29.6 Å². The zero-order chi connectivity index (χ0) is 32.5. The molecule has 0 radical (unpaired) electrons. The molecule has 1 saturated heterocycles. The first-order valence-corrected chi connectivity index (χ1v) is 15.1. The van der Waals surface area contributed by atoms with Crippen LogP contribution in [0.3, 0.4) is 0 Å². The Bertz CT molecular complexity index is 1660. The fourth-order valence-electron chi connectivity index (χ4n) is 5.49. The lowest BCUT2D eigenvalue weighted by molar-refractivity contribution is -0.121. The van der Waals surface area contributed by atoms with Crippen LogP contribution >= 0.6 is 0 Å². The van der Waals surface area contributed by atoms with Gasteiger partial charge < -0.3 is 34.1 Å². The molecule has 1 aliphatic heterocycles. The fraction of sp³-hybridized carbons (Fsp3) is 0.353. The number of ether oxygens (including phenoxy) is 4. The van der Waals surface area contributed by atoms with E-state index in [0.717, 1.165) is 30.5 Å². The Morgan fingerprint density at radius 1 is 0.913 bits per heavy atom. The zero-order valence-corrected chi connectivity index (χ0v) is 26.5. The molecule has 2 N–H and O–H groups in total. The first-order chi connectivity index (χ1) is 22.4. The number of para-hydroxylation sites is 1. The van der Waals surface area contributed by atoms with Crippen LogP contribution in [0.1, 0.15) is 34.7 Å². The van der Waals surface area contributed by atoms with Crippen LogP contribution in [0.25, 0.3) is 11.4 Å². The van der Waals surface area contributed by atoms with E-state index in [1.54, 1.807) is 64.8 Å². The molecule has 0 bridgehead atoms. The standard InChI is InChI=1S/C34H39N5O7/c1-42-27-13-11-22(18-29(27)44-3)15-16-35-34(41)25-9-5-6-10-26(25)36-33(40)24-8-7-17-39(20-24)21-31-37-32(38-46-31)23-12-14-28(43-2)30(19-23)45-4/h5-6,9-14,18-19,24H,7-8,15-17,20-21H2,1-4H3,(H,35,41)(H,36,40). The first-order valence-electron chi connectivity index (χ1n) is 15.1. The predicted octanol–water partition coefficient (Wildman–Crippen LogP) is 4.59. The fourth-order valence-corrected chi connectivity index (χ4v) is 5.49. The van der Waals surface area contributed by atoms with Gasteiger partial charge >= 0.3 is 0 Å². The molecule has 0 spiro atoms. The summed E-state index contributed by atoms with van der Waals surface area (Å²) in [5.74, 6) is 2.72. The van der Waals surface area contributed by atoms with Crippen molar-refractivity contribution in [2.75, 3.05) is 53.4 Å². The molecule has 46 heavy (non-hydrogen) atoms. The predicted molar refractivity (Wildman–Crippen MR) is 171 cm³/mol. The van der Waals surface area contributed by atoms with E-state index in [0.29, 0.717) is 72.0 Å². The Hall–Kier alpha value is -5.10. The highest BCUT2D eigenvalue weighted by Crippen LogP contribution is 2.32. The van der Waals surface area contributed by atoms with Crippen molar-refractivity contribution in [2.24, 2.45) is 5.92 Å². The van der Waals surface area contributed by atoms with Gasteiger partial charge in [-0.2, -0.15) is 4.98 Å². The van der Waals surface area contributed by atoms with Crippen LogP contribution in [0.5, 0.6) is 23.0 Å². The minimum absolute atomic E-state index is 0.133. The highest BCUT2D eigenvalue weighted by molar-refractivity contribution is 6.04. The first kappa shape index (κ1) is 32.3. The second-order valence-corrected chi connectivity index (χ2v) is 10.9. The summed E-state index contributed by atoms with van der Waals surface area (Å²) in [6.07, 6.45) is 2.18. The highest BCUT2D eigenvalue weighted by Gasteiger charge is 2.28. The summed E-state index contributed by atoms with van der Waals surface area (Å²) in [6, 6.07) is 18.1. The lowest BCUT2D eigenvalue weighted by Crippen LogP contribution is -2.40. The normalized spacial score (nSPS) is 14.7. The van der Waals surface area contributed by atoms with E-state index < -0.39 is 0 Å². The third-order valence-corrected chi connectivity index (χ3v) is 7.92. The summed E-state index contributed by atoms with van der Waals surface area (Å²) >= 11 is 0. The molecule has 2 heterocycles. The van der Waals surface area contributed by atoms with Crippen molar-refractivity contribution in [1.29, 1.82) is 0 Å². The number of rotatable bonds is 13. The lowest BCUT2D eigenvalue weighted by atomic mass is 9.96. The molecule has 4 aromatic rings. The van der Waals surface area contributed by atoms with Gasteiger partial charge in [0.05, 0.1) is 52.2 Å². The second-order valence-electron chi connectivity index (χ2n) is 10.9. The molecule has 5 rings (SSSR count). The number of hydrogen-bond donors (Lipinski definition) is 2. The summed E-state index contributed by atoms with van der Waals surface area (Å²) in [6.45, 7) is 2.16. The van der Waals surface area contributed by atoms with E-state index in [2.05, 4.69) is 25.7 Å². The van der Waals surface area contributed by atoms with Crippen LogP contribution in [-0.4, -0.2) is 74.9 Å². The van der Waals surface area contributed by atoms with Crippen molar-refractivity contribution in [3.05, 3.63) is 77.7 Å². The van der Waals surface area contributed by atoms with E-state index in [9.17, 15) is 9.59 Å². The topological polar surface area (TPSA) is 137 Å². The minimum atomic E-state index is -0.261. The van der Waals surface area contributed by atoms with Crippen LogP contribution in [0.2, 0.25) is 0 Å². The minimum Gasteiger partial charge on any atom is -0.493 e. The van der Waals surface area contributed by atoms with Crippen molar-refractivity contribution < 1.29 is 33.1 Å². The Kier molecular flexibility index (Phi) is 10.7. The maximum Gasteiger partial charge on any atom is 0.253 e. The maximum absolute atomic E-state index is 13.4. The Labute approximate surface area is 268 Å². The molecule has 242 valence electrons. The van der Waals surface area contributed by atoms with Crippen LogP contribution in [0, 0.1) is 5.92 Å². The van der Waals surface area contributed by atoms with Crippen molar-refractivity contribution >= 4 is 17.5 Å². The number of hydrogen-bond acceptors (Lipinski definition) is 10. The van der Waals surface area contributed by atoms with Gasteiger partial charge in [0, 0.05) is 18.7 Å². The average Bonchev–Trinajstić information content (AvgIpc) is 3.56. The van der Waals surface area contributed by atoms with Crippen molar-refractivity contribution in [1.82, 2.24) is 20.4 Å². The highest BCUT2D eigenvalue weighted by atomic mass is 16.5. The molecule has 12 nitrogen and oxygen atoms in total. The molecule has 3 aromatic carbocycles. The SMILES string of the molecule is COc1ccc(CCNC(=O)c2ccccc2NC(=O)C2CCCN(Cc3nc(-c4ccc(OC)c(OC)c4)no3)C2)cc1OC. The molecule has 12 heteroatoms. The van der Waals surface area contributed by atoms with Gasteiger partial charge in [0.1, 0.15) is 0 Å². The molecule has 0 saturated carbocycles. The molecule has 1 aromatic heterocycles. The summed E-state index contributed by atoms with van der Waals surface area (Å²) in [4.78, 5) is 33.2. The third-order valence-electron chi connectivity index (χ3n) is 7.92. The lowest BCUT2D eigenvalue weighted by Gasteiger charge is -2.31. The molecular formula is C34H39N5O7. The van der Waals surface area contributed by atoms with E-state index in [1.807, 2.05) is 24.3 Å². The quantitative estimate of drug-likeness (QED) is 0.216. The number of amides is 2. The number of nitrogens with one attached hydrogen (secondary N) is 2.